The average Bonchev–Trinajstić information content (AvgIpc) is 3.03. The van der Waals surface area contributed by atoms with Crippen molar-refractivity contribution in [3.8, 4) is 5.75 Å². The van der Waals surface area contributed by atoms with Crippen LogP contribution in [0.25, 0.3) is 0 Å². The van der Waals surface area contributed by atoms with Gasteiger partial charge in [0.15, 0.2) is 6.10 Å². The molecule has 1 aliphatic rings. The Labute approximate surface area is 153 Å². The van der Waals surface area contributed by atoms with E-state index in [1.165, 1.54) is 0 Å². The van der Waals surface area contributed by atoms with Crippen LogP contribution < -0.4 is 10.1 Å². The number of fused-ring (bicyclic) bond motifs is 1. The van der Waals surface area contributed by atoms with Gasteiger partial charge in [-0.25, -0.2) is 0 Å². The van der Waals surface area contributed by atoms with Crippen molar-refractivity contribution in [2.45, 2.75) is 38.7 Å². The van der Waals surface area contributed by atoms with E-state index < -0.39 is 17.5 Å². The van der Waals surface area contributed by atoms with Crippen molar-refractivity contribution in [1.82, 2.24) is 5.32 Å². The van der Waals surface area contributed by atoms with E-state index in [-0.39, 0.29) is 12.5 Å². The first-order valence-corrected chi connectivity index (χ1v) is 8.64. The van der Waals surface area contributed by atoms with E-state index in [4.69, 9.17) is 4.74 Å². The summed E-state index contributed by atoms with van der Waals surface area (Å²) in [6.07, 6.45) is -0.128. The van der Waals surface area contributed by atoms with Crippen LogP contribution in [0.2, 0.25) is 0 Å². The maximum atomic E-state index is 12.6. The van der Waals surface area contributed by atoms with Crippen molar-refractivity contribution >= 4 is 11.9 Å². The van der Waals surface area contributed by atoms with Crippen LogP contribution in [0.1, 0.15) is 29.2 Å². The number of carboxylic acid groups (broad SMARTS) is 1. The standard InChI is InChI=1S/C21H23NO4/c1-13-9-15-11-18(26-17(15)10-14(13)2)19(23)22-12-21(3,20(24)25)16-7-5-4-6-8-16/h4-10,18H,11-12H2,1-3H3,(H,22,23)(H,24,25). The van der Waals surface area contributed by atoms with Crippen molar-refractivity contribution in [2.24, 2.45) is 0 Å². The first-order valence-electron chi connectivity index (χ1n) is 8.64. The Morgan fingerprint density at radius 1 is 1.19 bits per heavy atom. The smallest absolute Gasteiger partial charge is 0.315 e. The molecule has 0 fully saturated rings. The molecule has 2 unspecified atom stereocenters. The van der Waals surface area contributed by atoms with Crippen LogP contribution in [-0.2, 0) is 21.4 Å². The lowest BCUT2D eigenvalue weighted by Gasteiger charge is -2.26. The maximum absolute atomic E-state index is 12.6. The molecule has 1 amide bonds. The molecule has 0 aliphatic carbocycles. The second-order valence-corrected chi connectivity index (χ2v) is 7.08. The number of nitrogens with one attached hydrogen (secondary N) is 1. The topological polar surface area (TPSA) is 75.6 Å². The van der Waals surface area contributed by atoms with Gasteiger partial charge in [-0.15, -0.1) is 0 Å². The number of ether oxygens (including phenoxy) is 1. The highest BCUT2D eigenvalue weighted by atomic mass is 16.5. The number of carboxylic acids is 1. The quantitative estimate of drug-likeness (QED) is 0.867. The minimum atomic E-state index is -1.20. The molecule has 0 saturated carbocycles. The fraction of sp³-hybridized carbons (Fsp3) is 0.333. The van der Waals surface area contributed by atoms with Gasteiger partial charge in [-0.1, -0.05) is 36.4 Å². The summed E-state index contributed by atoms with van der Waals surface area (Å²) in [5.41, 5.74) is 2.74. The minimum Gasteiger partial charge on any atom is -0.481 e. The molecule has 0 spiro atoms. The largest absolute Gasteiger partial charge is 0.481 e. The third-order valence-corrected chi connectivity index (χ3v) is 5.14. The highest BCUT2D eigenvalue weighted by molar-refractivity contribution is 5.85. The summed E-state index contributed by atoms with van der Waals surface area (Å²) in [4.78, 5) is 24.4. The van der Waals surface area contributed by atoms with E-state index in [1.807, 2.05) is 32.0 Å². The molecule has 0 aromatic heterocycles. The molecular formula is C21H23NO4. The number of benzene rings is 2. The SMILES string of the molecule is Cc1cc2c(cc1C)OC(C(=O)NCC(C)(C(=O)O)c1ccccc1)C2. The second kappa shape index (κ2) is 6.83. The average molecular weight is 353 g/mol. The number of amides is 1. The van der Waals surface area contributed by atoms with Gasteiger partial charge in [0.05, 0.1) is 0 Å². The third-order valence-electron chi connectivity index (χ3n) is 5.14. The van der Waals surface area contributed by atoms with Crippen LogP contribution in [0.3, 0.4) is 0 Å². The summed E-state index contributed by atoms with van der Waals surface area (Å²) >= 11 is 0. The van der Waals surface area contributed by atoms with Crippen LogP contribution >= 0.6 is 0 Å². The fourth-order valence-electron chi connectivity index (χ4n) is 3.14. The Balaban J connectivity index is 1.70. The zero-order valence-electron chi connectivity index (χ0n) is 15.2. The third kappa shape index (κ3) is 3.29. The molecule has 5 heteroatoms. The molecule has 1 heterocycles. The van der Waals surface area contributed by atoms with Crippen molar-refractivity contribution in [3.63, 3.8) is 0 Å². The van der Waals surface area contributed by atoms with Crippen molar-refractivity contribution in [1.29, 1.82) is 0 Å². The van der Waals surface area contributed by atoms with Crippen molar-refractivity contribution < 1.29 is 19.4 Å². The first-order chi connectivity index (χ1) is 12.3. The second-order valence-electron chi connectivity index (χ2n) is 7.08. The Hall–Kier alpha value is -2.82. The Morgan fingerprint density at radius 3 is 2.50 bits per heavy atom. The van der Waals surface area contributed by atoms with Crippen LogP contribution in [-0.4, -0.2) is 29.6 Å². The molecule has 136 valence electrons. The number of carbonyl (C=O) groups excluding carboxylic acids is 1. The normalized spacial score (nSPS) is 17.7. The van der Waals surface area contributed by atoms with Crippen molar-refractivity contribution in [3.05, 3.63) is 64.7 Å². The lowest BCUT2D eigenvalue weighted by Crippen LogP contribution is -2.47. The van der Waals surface area contributed by atoms with E-state index in [0.717, 1.165) is 22.4 Å². The van der Waals surface area contributed by atoms with E-state index in [1.54, 1.807) is 31.2 Å². The fourth-order valence-corrected chi connectivity index (χ4v) is 3.14. The zero-order valence-corrected chi connectivity index (χ0v) is 15.2. The maximum Gasteiger partial charge on any atom is 0.315 e. The molecule has 2 atom stereocenters. The summed E-state index contributed by atoms with van der Waals surface area (Å²) in [7, 11) is 0. The van der Waals surface area contributed by atoms with Gasteiger partial charge in [-0.2, -0.15) is 0 Å². The van der Waals surface area contributed by atoms with Gasteiger partial charge in [0.25, 0.3) is 5.91 Å². The van der Waals surface area contributed by atoms with E-state index >= 15 is 0 Å². The molecule has 5 nitrogen and oxygen atoms in total. The van der Waals surface area contributed by atoms with Gasteiger partial charge < -0.3 is 15.2 Å². The Morgan fingerprint density at radius 2 is 1.85 bits per heavy atom. The highest BCUT2D eigenvalue weighted by Crippen LogP contribution is 2.31. The number of aliphatic carboxylic acids is 1. The Kier molecular flexibility index (Phi) is 4.72. The summed E-state index contributed by atoms with van der Waals surface area (Å²) in [5.74, 6) is -0.539. The molecule has 0 radical (unpaired) electrons. The number of aryl methyl sites for hydroxylation is 2. The number of rotatable bonds is 5. The molecule has 0 bridgehead atoms. The van der Waals surface area contributed by atoms with Gasteiger partial charge in [0.2, 0.25) is 0 Å². The van der Waals surface area contributed by atoms with E-state index in [0.29, 0.717) is 12.0 Å². The summed E-state index contributed by atoms with van der Waals surface area (Å²) in [6.45, 7) is 5.65. The summed E-state index contributed by atoms with van der Waals surface area (Å²) in [5, 5.41) is 12.4. The summed E-state index contributed by atoms with van der Waals surface area (Å²) in [6, 6.07) is 12.9. The van der Waals surface area contributed by atoms with Crippen LogP contribution in [0.5, 0.6) is 5.75 Å². The Bertz CT molecular complexity index is 816. The monoisotopic (exact) mass is 353 g/mol. The summed E-state index contributed by atoms with van der Waals surface area (Å²) < 4.78 is 5.78. The lowest BCUT2D eigenvalue weighted by molar-refractivity contribution is -0.143. The van der Waals surface area contributed by atoms with Crippen LogP contribution in [0.15, 0.2) is 42.5 Å². The van der Waals surface area contributed by atoms with E-state index in [9.17, 15) is 14.7 Å². The van der Waals surface area contributed by atoms with Gasteiger partial charge >= 0.3 is 5.97 Å². The number of carbonyl (C=O) groups is 2. The van der Waals surface area contributed by atoms with Crippen LogP contribution in [0.4, 0.5) is 0 Å². The number of hydrogen-bond donors (Lipinski definition) is 2. The predicted molar refractivity (Wildman–Crippen MR) is 98.5 cm³/mol. The minimum absolute atomic E-state index is 0.000555. The van der Waals surface area contributed by atoms with Crippen LogP contribution in [0, 0.1) is 13.8 Å². The molecule has 2 N–H and O–H groups in total. The molecule has 1 aliphatic heterocycles. The molecular weight excluding hydrogens is 330 g/mol. The highest BCUT2D eigenvalue weighted by Gasteiger charge is 2.37. The molecule has 3 rings (SSSR count). The molecule has 0 saturated heterocycles. The molecule has 26 heavy (non-hydrogen) atoms. The lowest BCUT2D eigenvalue weighted by atomic mass is 9.82. The predicted octanol–water partition coefficient (Wildman–Crippen LogP) is 2.77. The van der Waals surface area contributed by atoms with Gasteiger partial charge in [-0.05, 0) is 49.1 Å². The van der Waals surface area contributed by atoms with Gasteiger partial charge in [0.1, 0.15) is 11.2 Å². The van der Waals surface area contributed by atoms with Crippen molar-refractivity contribution in [2.75, 3.05) is 6.54 Å². The zero-order chi connectivity index (χ0) is 18.9. The van der Waals surface area contributed by atoms with Gasteiger partial charge in [0, 0.05) is 13.0 Å². The van der Waals surface area contributed by atoms with Gasteiger partial charge in [-0.3, -0.25) is 9.59 Å². The first kappa shape index (κ1) is 18.0. The molecule has 2 aromatic rings. The number of hydrogen-bond acceptors (Lipinski definition) is 3. The van der Waals surface area contributed by atoms with E-state index in [2.05, 4.69) is 5.32 Å². The molecule has 2 aromatic carbocycles.